The molecule has 0 aliphatic heterocycles. The number of benzene rings is 2. The average molecular weight is 475 g/mol. The van der Waals surface area contributed by atoms with Crippen molar-refractivity contribution in [3.05, 3.63) is 48.5 Å². The van der Waals surface area contributed by atoms with E-state index in [-0.39, 0.29) is 23.3 Å². The minimum atomic E-state index is -0.423. The summed E-state index contributed by atoms with van der Waals surface area (Å²) >= 11 is 6.07. The van der Waals surface area contributed by atoms with Crippen LogP contribution in [0.4, 0.5) is 0 Å². The van der Waals surface area contributed by atoms with E-state index in [0.29, 0.717) is 0 Å². The Morgan fingerprint density at radius 1 is 0.767 bits per heavy atom. The molecule has 2 aromatic heterocycles. The summed E-state index contributed by atoms with van der Waals surface area (Å²) in [6.45, 7) is 0. The molecule has 2 atom stereocenters. The topological polar surface area (TPSA) is 112 Å². The fraction of sp³-hybridized carbons (Fsp3) is 0.200. The quantitative estimate of drug-likeness (QED) is 0.350. The lowest BCUT2D eigenvalue weighted by molar-refractivity contribution is -0.119. The second kappa shape index (κ2) is 9.34. The summed E-state index contributed by atoms with van der Waals surface area (Å²) in [7, 11) is 0. The molecular formula is C20H18N4O2S4. The van der Waals surface area contributed by atoms with E-state index in [4.69, 9.17) is 11.5 Å². The third kappa shape index (κ3) is 5.12. The lowest BCUT2D eigenvalue weighted by atomic mass is 10.1. The van der Waals surface area contributed by atoms with Crippen LogP contribution in [0.3, 0.4) is 0 Å². The van der Waals surface area contributed by atoms with Gasteiger partial charge in [0, 0.05) is 23.3 Å². The molecule has 4 N–H and O–H groups in total. The van der Waals surface area contributed by atoms with Crippen LogP contribution >= 0.6 is 46.2 Å². The van der Waals surface area contributed by atoms with Crippen molar-refractivity contribution in [3.63, 3.8) is 0 Å². The maximum Gasteiger partial charge on any atom is 0.218 e. The largest absolute Gasteiger partial charge is 0.370 e. The molecule has 4 aromatic rings. The van der Waals surface area contributed by atoms with Gasteiger partial charge >= 0.3 is 0 Å². The zero-order chi connectivity index (χ0) is 21.1. The number of carbonyl (C=O) groups is 2. The fourth-order valence-corrected chi connectivity index (χ4v) is 8.16. The molecule has 4 rings (SSSR count). The molecule has 0 radical (unpaired) electrons. The summed E-state index contributed by atoms with van der Waals surface area (Å²) in [6, 6.07) is 15.7. The Hall–Kier alpha value is -2.14. The van der Waals surface area contributed by atoms with Gasteiger partial charge in [-0.05, 0) is 24.3 Å². The smallest absolute Gasteiger partial charge is 0.218 e. The highest BCUT2D eigenvalue weighted by atomic mass is 32.2. The Labute approximate surface area is 189 Å². The van der Waals surface area contributed by atoms with Gasteiger partial charge in [-0.3, -0.25) is 9.59 Å². The number of hydrogen-bond acceptors (Lipinski definition) is 8. The Kier molecular flexibility index (Phi) is 6.57. The molecule has 2 amide bonds. The number of nitrogens with zero attached hydrogens (tertiary/aromatic N) is 2. The van der Waals surface area contributed by atoms with Crippen LogP contribution in [-0.2, 0) is 9.59 Å². The van der Waals surface area contributed by atoms with E-state index in [1.54, 1.807) is 22.7 Å². The van der Waals surface area contributed by atoms with E-state index >= 15 is 0 Å². The highest BCUT2D eigenvalue weighted by Gasteiger charge is 2.29. The standard InChI is InChI=1S/C20H18N4O2S4/c21-17(25)9-15(29-19-23-11-5-1-3-7-13(11)27-19)16(10-18(22)26)30-20-24-12-6-2-4-8-14(12)28-20/h1-8,15-16H,9-10H2,(H2,21,25)(H2,22,26). The number of hydrogen-bond donors (Lipinski definition) is 2. The fourth-order valence-electron chi connectivity index (χ4n) is 2.96. The van der Waals surface area contributed by atoms with Crippen molar-refractivity contribution in [3.8, 4) is 0 Å². The predicted molar refractivity (Wildman–Crippen MR) is 126 cm³/mol. The van der Waals surface area contributed by atoms with Crippen LogP contribution in [-0.4, -0.2) is 32.3 Å². The summed E-state index contributed by atoms with van der Waals surface area (Å²) in [4.78, 5) is 32.9. The van der Waals surface area contributed by atoms with Crippen molar-refractivity contribution in [2.75, 3.05) is 0 Å². The molecule has 0 bridgehead atoms. The normalized spacial score (nSPS) is 13.5. The van der Waals surface area contributed by atoms with Crippen molar-refractivity contribution in [2.24, 2.45) is 11.5 Å². The van der Waals surface area contributed by atoms with Crippen molar-refractivity contribution in [2.45, 2.75) is 32.0 Å². The minimum absolute atomic E-state index is 0.121. The van der Waals surface area contributed by atoms with E-state index in [9.17, 15) is 9.59 Å². The maximum absolute atomic E-state index is 11.8. The molecule has 2 aromatic carbocycles. The number of rotatable bonds is 9. The molecule has 0 saturated carbocycles. The first-order valence-corrected chi connectivity index (χ1v) is 12.5. The van der Waals surface area contributed by atoms with E-state index < -0.39 is 11.8 Å². The average Bonchev–Trinajstić information content (AvgIpc) is 3.28. The molecular weight excluding hydrogens is 457 g/mol. The van der Waals surface area contributed by atoms with Gasteiger partial charge in [-0.25, -0.2) is 9.97 Å². The number of thioether (sulfide) groups is 2. The molecule has 2 unspecified atom stereocenters. The van der Waals surface area contributed by atoms with Crippen LogP contribution in [0, 0.1) is 0 Å². The van der Waals surface area contributed by atoms with Gasteiger partial charge in [0.25, 0.3) is 0 Å². The summed E-state index contributed by atoms with van der Waals surface area (Å²) in [5.41, 5.74) is 12.9. The number of thiazole rings is 2. The third-order valence-electron chi connectivity index (χ3n) is 4.27. The summed E-state index contributed by atoms with van der Waals surface area (Å²) in [5.74, 6) is -0.846. The lowest BCUT2D eigenvalue weighted by Gasteiger charge is -2.22. The van der Waals surface area contributed by atoms with Gasteiger partial charge in [0.1, 0.15) is 0 Å². The number of aromatic nitrogens is 2. The van der Waals surface area contributed by atoms with Crippen LogP contribution in [0.1, 0.15) is 12.8 Å². The predicted octanol–water partition coefficient (Wildman–Crippen LogP) is 4.28. The summed E-state index contributed by atoms with van der Waals surface area (Å²) in [6.07, 6.45) is 0.243. The van der Waals surface area contributed by atoms with Gasteiger partial charge in [0.2, 0.25) is 11.8 Å². The molecule has 2 heterocycles. The molecule has 0 aliphatic rings. The van der Waals surface area contributed by atoms with Crippen molar-refractivity contribution >= 4 is 78.4 Å². The molecule has 154 valence electrons. The number of primary amides is 2. The van der Waals surface area contributed by atoms with Crippen molar-refractivity contribution < 1.29 is 9.59 Å². The molecule has 0 saturated heterocycles. The summed E-state index contributed by atoms with van der Waals surface area (Å²) < 4.78 is 3.81. The van der Waals surface area contributed by atoms with Gasteiger partial charge in [-0.15, -0.1) is 22.7 Å². The molecule has 0 fully saturated rings. The van der Waals surface area contributed by atoms with Gasteiger partial charge in [0.15, 0.2) is 8.68 Å². The Morgan fingerprint density at radius 2 is 1.17 bits per heavy atom. The zero-order valence-corrected chi connectivity index (χ0v) is 19.0. The molecule has 0 spiro atoms. The first-order chi connectivity index (χ1) is 14.5. The highest BCUT2D eigenvalue weighted by Crippen LogP contribution is 2.41. The zero-order valence-electron chi connectivity index (χ0n) is 15.7. The minimum Gasteiger partial charge on any atom is -0.370 e. The van der Waals surface area contributed by atoms with Gasteiger partial charge in [0.05, 0.1) is 20.4 Å². The number of carbonyl (C=O) groups excluding carboxylic acids is 2. The molecule has 10 heteroatoms. The van der Waals surface area contributed by atoms with Gasteiger partial charge in [-0.1, -0.05) is 47.8 Å². The lowest BCUT2D eigenvalue weighted by Crippen LogP contribution is -2.30. The van der Waals surface area contributed by atoms with Gasteiger partial charge in [-0.2, -0.15) is 0 Å². The monoisotopic (exact) mass is 474 g/mol. The molecule has 6 nitrogen and oxygen atoms in total. The second-order valence-corrected chi connectivity index (χ2v) is 11.6. The Morgan fingerprint density at radius 3 is 1.53 bits per heavy atom. The van der Waals surface area contributed by atoms with Crippen molar-refractivity contribution in [1.29, 1.82) is 0 Å². The number of nitrogens with two attached hydrogens (primary N) is 2. The maximum atomic E-state index is 11.8. The van der Waals surface area contributed by atoms with Crippen LogP contribution in [0.2, 0.25) is 0 Å². The van der Waals surface area contributed by atoms with Crippen LogP contribution in [0.25, 0.3) is 20.4 Å². The Bertz CT molecular complexity index is 1050. The van der Waals surface area contributed by atoms with Crippen LogP contribution < -0.4 is 11.5 Å². The summed E-state index contributed by atoms with van der Waals surface area (Å²) in [5, 5.41) is -0.514. The SMILES string of the molecule is NC(=O)CC(Sc1nc2ccccc2s1)C(CC(N)=O)Sc1nc2ccccc2s1. The van der Waals surface area contributed by atoms with Crippen LogP contribution in [0.5, 0.6) is 0 Å². The molecule has 0 aliphatic carbocycles. The second-order valence-electron chi connectivity index (χ2n) is 6.55. The third-order valence-corrected chi connectivity index (χ3v) is 9.37. The van der Waals surface area contributed by atoms with E-state index in [1.807, 2.05) is 48.5 Å². The Balaban J connectivity index is 1.62. The van der Waals surface area contributed by atoms with E-state index in [2.05, 4.69) is 9.97 Å². The van der Waals surface area contributed by atoms with Crippen molar-refractivity contribution in [1.82, 2.24) is 9.97 Å². The first kappa shape index (κ1) is 21.1. The number of fused-ring (bicyclic) bond motifs is 2. The van der Waals surface area contributed by atoms with Crippen LogP contribution in [0.15, 0.2) is 57.2 Å². The highest BCUT2D eigenvalue weighted by molar-refractivity contribution is 8.05. The van der Waals surface area contributed by atoms with E-state index in [1.165, 1.54) is 23.5 Å². The van der Waals surface area contributed by atoms with Gasteiger partial charge < -0.3 is 11.5 Å². The number of para-hydroxylation sites is 2. The molecule has 30 heavy (non-hydrogen) atoms. The number of amides is 2. The first-order valence-electron chi connectivity index (χ1n) is 9.09. The van der Waals surface area contributed by atoms with E-state index in [0.717, 1.165) is 29.1 Å².